The van der Waals surface area contributed by atoms with Crippen molar-refractivity contribution in [2.45, 2.75) is 26.2 Å². The van der Waals surface area contributed by atoms with Crippen molar-refractivity contribution in [2.75, 3.05) is 17.3 Å². The van der Waals surface area contributed by atoms with Crippen molar-refractivity contribution in [1.29, 1.82) is 0 Å². The van der Waals surface area contributed by atoms with Crippen LogP contribution in [0.5, 0.6) is 0 Å². The third kappa shape index (κ3) is 5.20. The van der Waals surface area contributed by atoms with Crippen LogP contribution in [0.15, 0.2) is 53.0 Å². The van der Waals surface area contributed by atoms with E-state index in [1.165, 1.54) is 0 Å². The highest BCUT2D eigenvalue weighted by Crippen LogP contribution is 2.23. The van der Waals surface area contributed by atoms with Gasteiger partial charge in [0.25, 0.3) is 0 Å². The van der Waals surface area contributed by atoms with Crippen molar-refractivity contribution in [1.82, 2.24) is 0 Å². The standard InChI is InChI=1S/C19H21BrN2O2/c1-14-11-12-17(16(20)13-14)21-18(23)9-6-10-19(24)22(2)15-7-4-3-5-8-15/h3-5,7-8,11-13H,6,9-10H2,1-2H3,(H,21,23). The SMILES string of the molecule is Cc1ccc(NC(=O)CCCC(=O)N(C)c2ccccc2)c(Br)c1. The quantitative estimate of drug-likeness (QED) is 0.789. The van der Waals surface area contributed by atoms with Crippen LogP contribution in [0.2, 0.25) is 0 Å². The molecule has 2 aromatic carbocycles. The fourth-order valence-electron chi connectivity index (χ4n) is 2.30. The molecular formula is C19H21BrN2O2. The van der Waals surface area contributed by atoms with Gasteiger partial charge in [0.1, 0.15) is 0 Å². The molecule has 126 valence electrons. The van der Waals surface area contributed by atoms with Crippen LogP contribution >= 0.6 is 15.9 Å². The Morgan fingerprint density at radius 3 is 2.46 bits per heavy atom. The average Bonchev–Trinajstić information content (AvgIpc) is 2.57. The summed E-state index contributed by atoms with van der Waals surface area (Å²) in [5, 5.41) is 2.86. The lowest BCUT2D eigenvalue weighted by atomic mass is 10.2. The van der Waals surface area contributed by atoms with Crippen LogP contribution in [0.3, 0.4) is 0 Å². The second kappa shape index (κ2) is 8.64. The van der Waals surface area contributed by atoms with Crippen molar-refractivity contribution < 1.29 is 9.59 Å². The molecule has 0 aliphatic heterocycles. The summed E-state index contributed by atoms with van der Waals surface area (Å²) in [5.41, 5.74) is 2.73. The average molecular weight is 389 g/mol. The van der Waals surface area contributed by atoms with E-state index in [0.29, 0.717) is 19.3 Å². The molecule has 0 radical (unpaired) electrons. The molecule has 0 aromatic heterocycles. The molecular weight excluding hydrogens is 368 g/mol. The lowest BCUT2D eigenvalue weighted by molar-refractivity contribution is -0.118. The van der Waals surface area contributed by atoms with E-state index < -0.39 is 0 Å². The van der Waals surface area contributed by atoms with Gasteiger partial charge in [-0.1, -0.05) is 24.3 Å². The minimum Gasteiger partial charge on any atom is -0.325 e. The highest BCUT2D eigenvalue weighted by Gasteiger charge is 2.12. The lowest BCUT2D eigenvalue weighted by Gasteiger charge is -2.17. The van der Waals surface area contributed by atoms with Crippen LogP contribution in [0.25, 0.3) is 0 Å². The number of anilines is 2. The lowest BCUT2D eigenvalue weighted by Crippen LogP contribution is -2.26. The minimum absolute atomic E-state index is 0.00511. The van der Waals surface area contributed by atoms with Gasteiger partial charge in [-0.2, -0.15) is 0 Å². The largest absolute Gasteiger partial charge is 0.325 e. The molecule has 0 aliphatic carbocycles. The van der Waals surface area contributed by atoms with Crippen LogP contribution in [0, 0.1) is 6.92 Å². The molecule has 2 rings (SSSR count). The molecule has 0 bridgehead atoms. The molecule has 0 spiro atoms. The van der Waals surface area contributed by atoms with Gasteiger partial charge in [-0.3, -0.25) is 9.59 Å². The first kappa shape index (κ1) is 18.2. The fraction of sp³-hybridized carbons (Fsp3) is 0.263. The first-order chi connectivity index (χ1) is 11.5. The van der Waals surface area contributed by atoms with Crippen molar-refractivity contribution in [3.05, 3.63) is 58.6 Å². The Morgan fingerprint density at radius 1 is 1.08 bits per heavy atom. The maximum atomic E-state index is 12.2. The van der Waals surface area contributed by atoms with Gasteiger partial charge >= 0.3 is 0 Å². The second-order valence-electron chi connectivity index (χ2n) is 5.67. The molecule has 2 aromatic rings. The van der Waals surface area contributed by atoms with E-state index in [1.807, 2.05) is 55.5 Å². The molecule has 5 heteroatoms. The minimum atomic E-state index is -0.0882. The Morgan fingerprint density at radius 2 is 1.79 bits per heavy atom. The van der Waals surface area contributed by atoms with Gasteiger partial charge in [0.15, 0.2) is 0 Å². The number of carbonyl (C=O) groups excluding carboxylic acids is 2. The van der Waals surface area contributed by atoms with E-state index in [9.17, 15) is 9.59 Å². The molecule has 24 heavy (non-hydrogen) atoms. The summed E-state index contributed by atoms with van der Waals surface area (Å²) >= 11 is 3.44. The number of nitrogens with zero attached hydrogens (tertiary/aromatic N) is 1. The summed E-state index contributed by atoms with van der Waals surface area (Å²) in [5.74, 6) is -0.0831. The topological polar surface area (TPSA) is 49.4 Å². The second-order valence-corrected chi connectivity index (χ2v) is 6.53. The third-order valence-electron chi connectivity index (χ3n) is 3.71. The van der Waals surface area contributed by atoms with Crippen LogP contribution in [-0.4, -0.2) is 18.9 Å². The summed E-state index contributed by atoms with van der Waals surface area (Å²) in [6, 6.07) is 15.2. The number of rotatable bonds is 6. The van der Waals surface area contributed by atoms with Gasteiger partial charge in [0.2, 0.25) is 11.8 Å². The maximum absolute atomic E-state index is 12.2. The molecule has 0 atom stereocenters. The van der Waals surface area contributed by atoms with Crippen molar-refractivity contribution in [3.8, 4) is 0 Å². The number of hydrogen-bond donors (Lipinski definition) is 1. The summed E-state index contributed by atoms with van der Waals surface area (Å²) in [7, 11) is 1.75. The molecule has 0 heterocycles. The number of aryl methyl sites for hydroxylation is 1. The fourth-order valence-corrected chi connectivity index (χ4v) is 2.89. The van der Waals surface area contributed by atoms with E-state index in [0.717, 1.165) is 21.4 Å². The van der Waals surface area contributed by atoms with E-state index in [4.69, 9.17) is 0 Å². The van der Waals surface area contributed by atoms with Gasteiger partial charge in [0, 0.05) is 30.0 Å². The number of para-hydroxylation sites is 1. The number of nitrogens with one attached hydrogen (secondary N) is 1. The molecule has 1 N–H and O–H groups in total. The summed E-state index contributed by atoms with van der Waals surface area (Å²) in [4.78, 5) is 25.8. The molecule has 0 aliphatic rings. The predicted molar refractivity (Wildman–Crippen MR) is 101 cm³/mol. The smallest absolute Gasteiger partial charge is 0.226 e. The number of hydrogen-bond acceptors (Lipinski definition) is 2. The van der Waals surface area contributed by atoms with E-state index >= 15 is 0 Å². The Labute approximate surface area is 151 Å². The van der Waals surface area contributed by atoms with E-state index in [2.05, 4.69) is 21.2 Å². The number of carbonyl (C=O) groups is 2. The zero-order valence-corrected chi connectivity index (χ0v) is 15.5. The Bertz CT molecular complexity index is 717. The predicted octanol–water partition coefficient (Wildman–Crippen LogP) is 4.53. The number of benzene rings is 2. The van der Waals surface area contributed by atoms with Gasteiger partial charge in [0.05, 0.1) is 5.69 Å². The van der Waals surface area contributed by atoms with E-state index in [-0.39, 0.29) is 11.8 Å². The third-order valence-corrected chi connectivity index (χ3v) is 4.37. The Balaban J connectivity index is 1.79. The maximum Gasteiger partial charge on any atom is 0.226 e. The van der Waals surface area contributed by atoms with Crippen molar-refractivity contribution in [3.63, 3.8) is 0 Å². The van der Waals surface area contributed by atoms with Gasteiger partial charge < -0.3 is 10.2 Å². The normalized spacial score (nSPS) is 10.3. The van der Waals surface area contributed by atoms with Gasteiger partial charge in [-0.25, -0.2) is 0 Å². The van der Waals surface area contributed by atoms with Gasteiger partial charge in [-0.05, 0) is 59.1 Å². The van der Waals surface area contributed by atoms with Crippen molar-refractivity contribution in [2.24, 2.45) is 0 Å². The molecule has 2 amide bonds. The Kier molecular flexibility index (Phi) is 6.55. The van der Waals surface area contributed by atoms with E-state index in [1.54, 1.807) is 11.9 Å². The highest BCUT2D eigenvalue weighted by molar-refractivity contribution is 9.10. The summed E-state index contributed by atoms with van der Waals surface area (Å²) < 4.78 is 0.857. The Hall–Kier alpha value is -2.14. The molecule has 0 saturated carbocycles. The number of halogens is 1. The van der Waals surface area contributed by atoms with Crippen LogP contribution in [0.1, 0.15) is 24.8 Å². The summed E-state index contributed by atoms with van der Waals surface area (Å²) in [6.45, 7) is 1.99. The van der Waals surface area contributed by atoms with Crippen LogP contribution in [-0.2, 0) is 9.59 Å². The van der Waals surface area contributed by atoms with Gasteiger partial charge in [-0.15, -0.1) is 0 Å². The molecule has 4 nitrogen and oxygen atoms in total. The monoisotopic (exact) mass is 388 g/mol. The van der Waals surface area contributed by atoms with Crippen molar-refractivity contribution >= 4 is 39.1 Å². The first-order valence-electron chi connectivity index (χ1n) is 7.85. The highest BCUT2D eigenvalue weighted by atomic mass is 79.9. The molecule has 0 saturated heterocycles. The van der Waals surface area contributed by atoms with Crippen LogP contribution in [0.4, 0.5) is 11.4 Å². The molecule has 0 fully saturated rings. The summed E-state index contributed by atoms with van der Waals surface area (Å²) in [6.07, 6.45) is 1.17. The molecule has 0 unspecified atom stereocenters. The first-order valence-corrected chi connectivity index (χ1v) is 8.64. The number of amides is 2. The zero-order valence-electron chi connectivity index (χ0n) is 13.9. The van der Waals surface area contributed by atoms with Crippen LogP contribution < -0.4 is 10.2 Å². The zero-order chi connectivity index (χ0) is 17.5.